The van der Waals surface area contributed by atoms with Crippen molar-refractivity contribution in [2.75, 3.05) is 56.8 Å². The minimum atomic E-state index is -0.739. The maximum absolute atomic E-state index is 14.9. The summed E-state index contributed by atoms with van der Waals surface area (Å²) in [6, 6.07) is 19.9. The van der Waals surface area contributed by atoms with Gasteiger partial charge in [0.15, 0.2) is 0 Å². The fourth-order valence-electron chi connectivity index (χ4n) is 8.40. The Hall–Kier alpha value is -6.99. The van der Waals surface area contributed by atoms with Crippen molar-refractivity contribution in [1.82, 2.24) is 25.5 Å². The number of ether oxygens (including phenoxy) is 3. The van der Waals surface area contributed by atoms with Crippen LogP contribution in [-0.4, -0.2) is 102 Å². The Labute approximate surface area is 407 Å². The maximum atomic E-state index is 14.9. The van der Waals surface area contributed by atoms with E-state index in [1.54, 1.807) is 66.9 Å². The molecular weight excluding hydrogens is 926 g/mol. The van der Waals surface area contributed by atoms with E-state index in [-0.39, 0.29) is 66.8 Å². The van der Waals surface area contributed by atoms with Crippen molar-refractivity contribution < 1.29 is 47.0 Å². The SMILES string of the molecule is O=C1CCC(N2Cc3c(NC(=O)CCCCCCOCCOCCOCCNC(=O)c4ccc(Nc5ncc6c(n5)-c5ccc(Cl)cc5C(c5c(F)cccc5F)=NC6)cc4)cccc3C2=O)C(=O)N1. The van der Waals surface area contributed by atoms with Crippen LogP contribution in [0.5, 0.6) is 0 Å². The Balaban J connectivity index is 0.655. The number of unbranched alkanes of at least 4 members (excludes halogenated alkanes) is 3. The van der Waals surface area contributed by atoms with Crippen LogP contribution in [0.3, 0.4) is 0 Å². The number of hydrogen-bond donors (Lipinski definition) is 4. The van der Waals surface area contributed by atoms with Gasteiger partial charge in [-0.05, 0) is 79.9 Å². The summed E-state index contributed by atoms with van der Waals surface area (Å²) in [7, 11) is 0. The fourth-order valence-corrected chi connectivity index (χ4v) is 8.57. The van der Waals surface area contributed by atoms with Crippen molar-refractivity contribution in [3.63, 3.8) is 0 Å². The fraction of sp³-hybridized carbons (Fsp3) is 0.333. The molecule has 1 atom stereocenters. The number of nitrogens with zero attached hydrogens (tertiary/aromatic N) is 4. The predicted molar refractivity (Wildman–Crippen MR) is 257 cm³/mol. The summed E-state index contributed by atoms with van der Waals surface area (Å²) in [6.45, 7) is 3.08. The molecule has 0 bridgehead atoms. The van der Waals surface area contributed by atoms with E-state index >= 15 is 0 Å². The Bertz CT molecular complexity index is 2770. The topological polar surface area (TPSA) is 203 Å². The van der Waals surface area contributed by atoms with E-state index < -0.39 is 23.6 Å². The van der Waals surface area contributed by atoms with Gasteiger partial charge in [0.25, 0.3) is 11.8 Å². The number of aromatic nitrogens is 2. The van der Waals surface area contributed by atoms with Crippen LogP contribution in [0.2, 0.25) is 5.02 Å². The normalized spacial score (nSPS) is 15.1. The summed E-state index contributed by atoms with van der Waals surface area (Å²) < 4.78 is 46.7. The number of piperidine rings is 1. The van der Waals surface area contributed by atoms with E-state index in [2.05, 4.69) is 31.2 Å². The number of fused-ring (bicyclic) bond motifs is 4. The number of halogens is 3. The lowest BCUT2D eigenvalue weighted by molar-refractivity contribution is -0.137. The van der Waals surface area contributed by atoms with Crippen molar-refractivity contribution in [3.05, 3.63) is 135 Å². The van der Waals surface area contributed by atoms with Gasteiger partial charge >= 0.3 is 0 Å². The molecule has 0 spiro atoms. The van der Waals surface area contributed by atoms with Crippen molar-refractivity contribution in [1.29, 1.82) is 0 Å². The molecule has 5 amide bonds. The van der Waals surface area contributed by atoms with Crippen LogP contribution in [0.25, 0.3) is 11.3 Å². The zero-order valence-electron chi connectivity index (χ0n) is 38.2. The third-order valence-electron chi connectivity index (χ3n) is 11.9. The van der Waals surface area contributed by atoms with Gasteiger partial charge in [0.1, 0.15) is 17.7 Å². The second-order valence-corrected chi connectivity index (χ2v) is 17.2. The number of aliphatic imine (C=N–C) groups is 1. The molecule has 4 N–H and O–H groups in total. The van der Waals surface area contributed by atoms with E-state index in [0.29, 0.717) is 114 Å². The molecule has 1 fully saturated rings. The summed E-state index contributed by atoms with van der Waals surface area (Å²) in [6.07, 6.45) is 5.71. The first-order valence-electron chi connectivity index (χ1n) is 23.1. The molecule has 8 rings (SSSR count). The highest BCUT2D eigenvalue weighted by atomic mass is 35.5. The number of benzene rings is 4. The number of carbonyl (C=O) groups excluding carboxylic acids is 5. The van der Waals surface area contributed by atoms with E-state index in [1.165, 1.54) is 23.1 Å². The van der Waals surface area contributed by atoms with Gasteiger partial charge in [-0.1, -0.05) is 42.6 Å². The molecule has 1 aromatic heterocycles. The van der Waals surface area contributed by atoms with Gasteiger partial charge in [0.2, 0.25) is 23.7 Å². The molecule has 19 heteroatoms. The monoisotopic (exact) mass is 976 g/mol. The summed E-state index contributed by atoms with van der Waals surface area (Å²) in [5.74, 6) is -2.72. The zero-order valence-corrected chi connectivity index (χ0v) is 38.9. The molecule has 364 valence electrons. The molecule has 4 heterocycles. The maximum Gasteiger partial charge on any atom is 0.255 e. The molecule has 70 heavy (non-hydrogen) atoms. The summed E-state index contributed by atoms with van der Waals surface area (Å²) in [4.78, 5) is 77.7. The molecule has 0 saturated carbocycles. The second-order valence-electron chi connectivity index (χ2n) is 16.8. The summed E-state index contributed by atoms with van der Waals surface area (Å²) in [5, 5.41) is 11.6. The lowest BCUT2D eigenvalue weighted by Gasteiger charge is -2.29. The van der Waals surface area contributed by atoms with Crippen molar-refractivity contribution in [2.45, 2.75) is 64.1 Å². The number of nitrogens with one attached hydrogen (secondary N) is 4. The van der Waals surface area contributed by atoms with Crippen molar-refractivity contribution >= 4 is 64.2 Å². The molecule has 1 saturated heterocycles. The van der Waals surface area contributed by atoms with Gasteiger partial charge in [-0.15, -0.1) is 0 Å². The first-order valence-corrected chi connectivity index (χ1v) is 23.5. The van der Waals surface area contributed by atoms with Crippen LogP contribution in [0.15, 0.2) is 90.1 Å². The Kier molecular flexibility index (Phi) is 16.6. The minimum Gasteiger partial charge on any atom is -0.379 e. The van der Waals surface area contributed by atoms with Crippen molar-refractivity contribution in [3.8, 4) is 11.3 Å². The van der Waals surface area contributed by atoms with E-state index in [4.69, 9.17) is 30.8 Å². The van der Waals surface area contributed by atoms with E-state index in [1.807, 2.05) is 0 Å². The lowest BCUT2D eigenvalue weighted by atomic mass is 9.95. The predicted octanol–water partition coefficient (Wildman–Crippen LogP) is 7.30. The largest absolute Gasteiger partial charge is 0.379 e. The second kappa shape index (κ2) is 23.5. The van der Waals surface area contributed by atoms with Gasteiger partial charge in [-0.2, -0.15) is 0 Å². The summed E-state index contributed by atoms with van der Waals surface area (Å²) in [5.41, 5.74) is 4.89. The average molecular weight is 977 g/mol. The van der Waals surface area contributed by atoms with E-state index in [0.717, 1.165) is 19.3 Å². The number of hydrogen-bond acceptors (Lipinski definition) is 12. The standard InChI is InChI=1S/C51H51ClF2N8O8/c52-33-14-17-35-37(27-33)47(45-39(53)8-6-9-40(45)54)56-28-32-29-57-51(61-46(32)35)58-34-15-12-31(13-16-34)48(65)55-20-22-69-24-26-70-25-23-68-21-4-2-1-3-11-43(63)59-41-10-5-7-36-38(41)30-62(50(36)67)42-18-19-44(64)60-49(42)66/h5-10,12-17,27,29,42H,1-4,11,18-26,28,30H2,(H,55,65)(H,59,63)(H,57,58,61)(H,60,64,66). The van der Waals surface area contributed by atoms with Gasteiger partial charge in [0.05, 0.1) is 56.5 Å². The van der Waals surface area contributed by atoms with Gasteiger partial charge in [0, 0.05) is 88.5 Å². The molecule has 4 aromatic carbocycles. The Morgan fingerprint density at radius 3 is 2.31 bits per heavy atom. The van der Waals surface area contributed by atoms with Gasteiger partial charge in [-0.25, -0.2) is 18.7 Å². The van der Waals surface area contributed by atoms with Gasteiger partial charge < -0.3 is 35.1 Å². The minimum absolute atomic E-state index is 0.0899. The van der Waals surface area contributed by atoms with Crippen LogP contribution < -0.4 is 21.3 Å². The van der Waals surface area contributed by atoms with Crippen molar-refractivity contribution in [2.24, 2.45) is 4.99 Å². The van der Waals surface area contributed by atoms with Crippen LogP contribution in [0.4, 0.5) is 26.1 Å². The first kappa shape index (κ1) is 49.4. The van der Waals surface area contributed by atoms with Crippen LogP contribution >= 0.6 is 11.6 Å². The van der Waals surface area contributed by atoms with Crippen LogP contribution in [-0.2, 0) is 41.7 Å². The zero-order chi connectivity index (χ0) is 49.0. The summed E-state index contributed by atoms with van der Waals surface area (Å²) >= 11 is 6.34. The van der Waals surface area contributed by atoms with Gasteiger partial charge in [-0.3, -0.25) is 34.3 Å². The highest BCUT2D eigenvalue weighted by Gasteiger charge is 2.40. The van der Waals surface area contributed by atoms with E-state index in [9.17, 15) is 32.8 Å². The average Bonchev–Trinajstić information content (AvgIpc) is 3.60. The molecule has 0 aliphatic carbocycles. The number of amides is 5. The molecule has 3 aliphatic rings. The molecule has 1 unspecified atom stereocenters. The molecule has 3 aliphatic heterocycles. The lowest BCUT2D eigenvalue weighted by Crippen LogP contribution is -2.52. The van der Waals surface area contributed by atoms with Crippen LogP contribution in [0, 0.1) is 11.6 Å². The number of imide groups is 1. The number of anilines is 3. The third-order valence-corrected chi connectivity index (χ3v) is 12.2. The third kappa shape index (κ3) is 12.2. The number of rotatable bonds is 22. The number of carbonyl (C=O) groups is 5. The van der Waals surface area contributed by atoms with Crippen LogP contribution in [0.1, 0.15) is 87.9 Å². The smallest absolute Gasteiger partial charge is 0.255 e. The molecule has 0 radical (unpaired) electrons. The molecule has 16 nitrogen and oxygen atoms in total. The molecular formula is C51H51ClF2N8O8. The Morgan fingerprint density at radius 1 is 0.814 bits per heavy atom. The highest BCUT2D eigenvalue weighted by molar-refractivity contribution is 6.31. The highest BCUT2D eigenvalue weighted by Crippen LogP contribution is 2.36. The molecule has 5 aromatic rings. The first-order chi connectivity index (χ1) is 34.0. The Morgan fingerprint density at radius 2 is 1.54 bits per heavy atom. The quantitative estimate of drug-likeness (QED) is 0.0401.